The van der Waals surface area contributed by atoms with E-state index >= 15 is 0 Å². The minimum absolute atomic E-state index is 0. The number of nitrogens with one attached hydrogen (secondary N) is 1. The topological polar surface area (TPSA) is 67.0 Å². The highest BCUT2D eigenvalue weighted by Crippen LogP contribution is 2.13. The summed E-state index contributed by atoms with van der Waals surface area (Å²) in [6.07, 6.45) is 4.45. The molecule has 3 heterocycles. The molecular formula is C16H25IN6O. The lowest BCUT2D eigenvalue weighted by atomic mass is 10.1. The van der Waals surface area contributed by atoms with E-state index in [9.17, 15) is 0 Å². The van der Waals surface area contributed by atoms with Gasteiger partial charge in [0.05, 0.1) is 12.6 Å². The maximum Gasteiger partial charge on any atom is 0.194 e. The Bertz CT molecular complexity index is 665. The Kier molecular flexibility index (Phi) is 7.22. The van der Waals surface area contributed by atoms with E-state index in [-0.39, 0.29) is 24.0 Å². The summed E-state index contributed by atoms with van der Waals surface area (Å²) in [7, 11) is 1.82. The van der Waals surface area contributed by atoms with E-state index < -0.39 is 0 Å². The monoisotopic (exact) mass is 444 g/mol. The summed E-state index contributed by atoms with van der Waals surface area (Å²) in [5.41, 5.74) is 0.858. The lowest BCUT2D eigenvalue weighted by Gasteiger charge is -2.33. The van der Waals surface area contributed by atoms with Gasteiger partial charge < -0.3 is 15.0 Å². The fraction of sp³-hybridized carbons (Fsp3) is 0.562. The van der Waals surface area contributed by atoms with Gasteiger partial charge in [0.15, 0.2) is 17.4 Å². The average Bonchev–Trinajstić information content (AvgIpc) is 3.00. The number of hydrogen-bond donors (Lipinski definition) is 1. The maximum absolute atomic E-state index is 5.70. The Morgan fingerprint density at radius 2 is 2.12 bits per heavy atom. The first kappa shape index (κ1) is 18.9. The van der Waals surface area contributed by atoms with Gasteiger partial charge in [-0.15, -0.1) is 34.2 Å². The number of guanidine groups is 1. The van der Waals surface area contributed by atoms with Crippen LogP contribution < -0.4 is 5.32 Å². The highest BCUT2D eigenvalue weighted by Gasteiger charge is 2.21. The quantitative estimate of drug-likeness (QED) is 0.444. The van der Waals surface area contributed by atoms with Crippen LogP contribution in [0.25, 0.3) is 5.65 Å². The Balaban J connectivity index is 0.00000208. The van der Waals surface area contributed by atoms with Crippen molar-refractivity contribution < 1.29 is 4.74 Å². The van der Waals surface area contributed by atoms with E-state index in [2.05, 4.69) is 32.3 Å². The summed E-state index contributed by atoms with van der Waals surface area (Å²) in [5, 5.41) is 11.8. The van der Waals surface area contributed by atoms with Gasteiger partial charge in [0.1, 0.15) is 0 Å². The second-order valence-corrected chi connectivity index (χ2v) is 5.59. The number of aliphatic imine (C=N–C) groups is 1. The van der Waals surface area contributed by atoms with Gasteiger partial charge in [-0.1, -0.05) is 6.07 Å². The van der Waals surface area contributed by atoms with Crippen molar-refractivity contribution in [2.45, 2.75) is 32.4 Å². The largest absolute Gasteiger partial charge is 0.378 e. The normalized spacial score (nSPS) is 16.2. The molecule has 3 rings (SSSR count). The molecule has 8 heteroatoms. The summed E-state index contributed by atoms with van der Waals surface area (Å²) >= 11 is 0. The summed E-state index contributed by atoms with van der Waals surface area (Å²) in [6.45, 7) is 5.37. The van der Waals surface area contributed by atoms with Gasteiger partial charge in [-0.05, 0) is 31.9 Å². The fourth-order valence-corrected chi connectivity index (χ4v) is 2.97. The Hall–Kier alpha value is -1.42. The van der Waals surface area contributed by atoms with Crippen molar-refractivity contribution in [3.63, 3.8) is 0 Å². The van der Waals surface area contributed by atoms with Gasteiger partial charge in [0.2, 0.25) is 0 Å². The lowest BCUT2D eigenvalue weighted by Crippen LogP contribution is -2.46. The molecule has 0 unspecified atom stereocenters. The molecule has 0 aliphatic carbocycles. The fourth-order valence-electron chi connectivity index (χ4n) is 2.97. The number of likely N-dealkylation sites (tertiary alicyclic amines) is 1. The summed E-state index contributed by atoms with van der Waals surface area (Å²) in [6, 6.07) is 5.89. The molecule has 0 saturated carbocycles. The van der Waals surface area contributed by atoms with Crippen LogP contribution in [-0.2, 0) is 11.3 Å². The summed E-state index contributed by atoms with van der Waals surface area (Å²) < 4.78 is 7.69. The third-order valence-electron chi connectivity index (χ3n) is 4.14. The number of rotatable bonds is 4. The van der Waals surface area contributed by atoms with Gasteiger partial charge in [0, 0.05) is 32.9 Å². The number of pyridine rings is 1. The Labute approximate surface area is 159 Å². The van der Waals surface area contributed by atoms with Crippen molar-refractivity contribution >= 4 is 35.6 Å². The van der Waals surface area contributed by atoms with Crippen molar-refractivity contribution in [3.8, 4) is 0 Å². The first-order chi connectivity index (χ1) is 11.3. The van der Waals surface area contributed by atoms with Crippen LogP contribution in [0.15, 0.2) is 29.4 Å². The number of halogens is 1. The minimum atomic E-state index is 0. The molecule has 0 aromatic carbocycles. The van der Waals surface area contributed by atoms with Crippen LogP contribution in [0, 0.1) is 0 Å². The van der Waals surface area contributed by atoms with Crippen molar-refractivity contribution in [2.24, 2.45) is 4.99 Å². The van der Waals surface area contributed by atoms with Crippen molar-refractivity contribution in [1.82, 2.24) is 24.8 Å². The molecule has 1 N–H and O–H groups in total. The van der Waals surface area contributed by atoms with Crippen LogP contribution in [0.2, 0.25) is 0 Å². The van der Waals surface area contributed by atoms with Crippen LogP contribution in [0.3, 0.4) is 0 Å². The van der Waals surface area contributed by atoms with Crippen LogP contribution in [0.4, 0.5) is 0 Å². The lowest BCUT2D eigenvalue weighted by molar-refractivity contribution is 0.0263. The van der Waals surface area contributed by atoms with Gasteiger partial charge in [-0.25, -0.2) is 0 Å². The zero-order chi connectivity index (χ0) is 16.1. The predicted molar refractivity (Wildman–Crippen MR) is 105 cm³/mol. The predicted octanol–water partition coefficient (Wildman–Crippen LogP) is 1.92. The van der Waals surface area contributed by atoms with E-state index in [0.717, 1.165) is 50.0 Å². The van der Waals surface area contributed by atoms with E-state index in [4.69, 9.17) is 4.74 Å². The smallest absolute Gasteiger partial charge is 0.194 e. The molecule has 0 atom stereocenters. The number of aromatic nitrogens is 3. The second-order valence-electron chi connectivity index (χ2n) is 5.59. The number of nitrogens with zero attached hydrogens (tertiary/aromatic N) is 5. The Morgan fingerprint density at radius 1 is 1.33 bits per heavy atom. The highest BCUT2D eigenvalue weighted by atomic mass is 127. The molecule has 24 heavy (non-hydrogen) atoms. The summed E-state index contributed by atoms with van der Waals surface area (Å²) in [4.78, 5) is 6.67. The molecule has 1 aliphatic heterocycles. The molecule has 2 aromatic rings. The zero-order valence-electron chi connectivity index (χ0n) is 14.2. The van der Waals surface area contributed by atoms with Crippen molar-refractivity contribution in [3.05, 3.63) is 30.2 Å². The minimum Gasteiger partial charge on any atom is -0.378 e. The Morgan fingerprint density at radius 3 is 2.83 bits per heavy atom. The van der Waals surface area contributed by atoms with E-state index in [1.165, 1.54) is 0 Å². The molecule has 1 aliphatic rings. The molecule has 7 nitrogen and oxygen atoms in total. The molecule has 1 saturated heterocycles. The first-order valence-corrected chi connectivity index (χ1v) is 8.17. The summed E-state index contributed by atoms with van der Waals surface area (Å²) in [5.74, 6) is 1.79. The molecule has 1 fully saturated rings. The average molecular weight is 444 g/mol. The molecular weight excluding hydrogens is 419 g/mol. The third-order valence-corrected chi connectivity index (χ3v) is 4.14. The molecule has 132 valence electrons. The van der Waals surface area contributed by atoms with E-state index in [0.29, 0.717) is 12.6 Å². The maximum atomic E-state index is 5.70. The molecule has 0 radical (unpaired) electrons. The van der Waals surface area contributed by atoms with Gasteiger partial charge in [-0.2, -0.15) is 0 Å². The first-order valence-electron chi connectivity index (χ1n) is 8.17. The number of ether oxygens (including phenoxy) is 1. The van der Waals surface area contributed by atoms with Crippen LogP contribution in [-0.4, -0.2) is 58.3 Å². The van der Waals surface area contributed by atoms with E-state index in [1.54, 1.807) is 0 Å². The van der Waals surface area contributed by atoms with Crippen molar-refractivity contribution in [2.75, 3.05) is 26.7 Å². The third kappa shape index (κ3) is 4.35. The number of piperidine rings is 1. The molecule has 0 spiro atoms. The second kappa shape index (κ2) is 9.16. The van der Waals surface area contributed by atoms with Crippen LogP contribution in [0.5, 0.6) is 0 Å². The standard InChI is InChI=1S/C16H24N6O.HI/c1-3-23-13-7-10-21(11-8-13)16(17-2)18-12-15-20-19-14-6-4-5-9-22(14)15;/h4-6,9,13H,3,7-8,10-12H2,1-2H3,(H,17,18);1H. The van der Waals surface area contributed by atoms with Gasteiger partial charge >= 0.3 is 0 Å². The highest BCUT2D eigenvalue weighted by molar-refractivity contribution is 14.0. The number of fused-ring (bicyclic) bond motifs is 1. The zero-order valence-corrected chi connectivity index (χ0v) is 16.5. The van der Waals surface area contributed by atoms with Crippen molar-refractivity contribution in [1.29, 1.82) is 0 Å². The van der Waals surface area contributed by atoms with Crippen LogP contribution >= 0.6 is 24.0 Å². The van der Waals surface area contributed by atoms with Crippen LogP contribution in [0.1, 0.15) is 25.6 Å². The molecule has 0 bridgehead atoms. The molecule has 0 amide bonds. The number of hydrogen-bond acceptors (Lipinski definition) is 4. The molecule has 2 aromatic heterocycles. The van der Waals surface area contributed by atoms with Gasteiger partial charge in [0.25, 0.3) is 0 Å². The van der Waals surface area contributed by atoms with Gasteiger partial charge in [-0.3, -0.25) is 9.39 Å². The van der Waals surface area contributed by atoms with E-state index in [1.807, 2.05) is 35.8 Å². The SMILES string of the molecule is CCOC1CCN(C(=NC)NCc2nnc3ccccn23)CC1.I.